The summed E-state index contributed by atoms with van der Waals surface area (Å²) in [6, 6.07) is 12.3. The molecule has 3 aromatic rings. The summed E-state index contributed by atoms with van der Waals surface area (Å²) in [4.78, 5) is 31.3. The third-order valence-electron chi connectivity index (χ3n) is 5.03. The van der Waals surface area contributed by atoms with Crippen LogP contribution in [0.4, 0.5) is 10.1 Å². The Labute approximate surface area is 188 Å². The number of halogens is 2. The molecule has 0 saturated carbocycles. The molecule has 0 aliphatic carbocycles. The molecule has 4 rings (SSSR count). The van der Waals surface area contributed by atoms with Crippen LogP contribution in [0, 0.1) is 5.82 Å². The number of nitrogens with zero attached hydrogens (tertiary/aromatic N) is 2. The number of carbonyl (C=O) groups is 2. The van der Waals surface area contributed by atoms with Crippen LogP contribution in [0.3, 0.4) is 0 Å². The third-order valence-corrected chi connectivity index (χ3v) is 5.36. The van der Waals surface area contributed by atoms with Gasteiger partial charge in [-0.2, -0.15) is 0 Å². The Hall–Kier alpha value is -3.71. The Morgan fingerprint density at radius 3 is 2.69 bits per heavy atom. The van der Waals surface area contributed by atoms with Gasteiger partial charge in [0.25, 0.3) is 11.7 Å². The highest BCUT2D eigenvalue weighted by Crippen LogP contribution is 2.43. The number of aliphatic hydroxyl groups excluding tert-OH is 1. The number of pyridine rings is 1. The SMILES string of the molecule is CCOc1ccc(Cl)c(/C(O)=C2\C(=O)C(=O)N(c3cccc(F)c3)C2c2cccnc2)c1. The fourth-order valence-electron chi connectivity index (χ4n) is 3.67. The van der Waals surface area contributed by atoms with Crippen molar-refractivity contribution in [3.05, 3.63) is 94.5 Å². The first-order valence-corrected chi connectivity index (χ1v) is 10.2. The van der Waals surface area contributed by atoms with Crippen LogP contribution < -0.4 is 9.64 Å². The molecule has 0 bridgehead atoms. The van der Waals surface area contributed by atoms with Crippen LogP contribution in [-0.4, -0.2) is 28.4 Å². The van der Waals surface area contributed by atoms with Crippen molar-refractivity contribution in [1.82, 2.24) is 4.98 Å². The summed E-state index contributed by atoms with van der Waals surface area (Å²) in [6.07, 6.45) is 3.02. The van der Waals surface area contributed by atoms with Crippen molar-refractivity contribution in [2.45, 2.75) is 13.0 Å². The summed E-state index contributed by atoms with van der Waals surface area (Å²) < 4.78 is 19.4. The van der Waals surface area contributed by atoms with Crippen molar-refractivity contribution in [3.8, 4) is 5.75 Å². The van der Waals surface area contributed by atoms with Crippen LogP contribution in [0.15, 0.2) is 72.6 Å². The Balaban J connectivity index is 1.95. The van der Waals surface area contributed by atoms with Crippen LogP contribution in [-0.2, 0) is 9.59 Å². The second kappa shape index (κ2) is 8.80. The monoisotopic (exact) mass is 452 g/mol. The maximum atomic E-state index is 13.9. The van der Waals surface area contributed by atoms with E-state index in [4.69, 9.17) is 16.3 Å². The van der Waals surface area contributed by atoms with Gasteiger partial charge in [-0.1, -0.05) is 23.7 Å². The summed E-state index contributed by atoms with van der Waals surface area (Å²) in [5.41, 5.74) is 0.607. The van der Waals surface area contributed by atoms with Crippen LogP contribution in [0.2, 0.25) is 5.02 Å². The molecular weight excluding hydrogens is 435 g/mol. The van der Waals surface area contributed by atoms with Gasteiger partial charge in [0, 0.05) is 23.6 Å². The topological polar surface area (TPSA) is 79.7 Å². The average molecular weight is 453 g/mol. The molecule has 1 fully saturated rings. The highest BCUT2D eigenvalue weighted by molar-refractivity contribution is 6.52. The number of aliphatic hydroxyl groups is 1. The number of hydrogen-bond donors (Lipinski definition) is 1. The van der Waals surface area contributed by atoms with Gasteiger partial charge >= 0.3 is 0 Å². The number of ketones is 1. The van der Waals surface area contributed by atoms with Gasteiger partial charge in [0.15, 0.2) is 0 Å². The fourth-order valence-corrected chi connectivity index (χ4v) is 3.87. The minimum absolute atomic E-state index is 0.142. The van der Waals surface area contributed by atoms with Gasteiger partial charge in [-0.25, -0.2) is 4.39 Å². The maximum Gasteiger partial charge on any atom is 0.300 e. The molecule has 0 radical (unpaired) electrons. The number of ether oxygens (including phenoxy) is 1. The molecule has 1 saturated heterocycles. The van der Waals surface area contributed by atoms with Gasteiger partial charge in [0.2, 0.25) is 0 Å². The van der Waals surface area contributed by atoms with Crippen molar-refractivity contribution >= 4 is 34.7 Å². The van der Waals surface area contributed by atoms with Gasteiger partial charge in [-0.3, -0.25) is 19.5 Å². The molecule has 1 N–H and O–H groups in total. The minimum atomic E-state index is -1.03. The second-order valence-electron chi connectivity index (χ2n) is 7.01. The molecule has 1 aliphatic heterocycles. The van der Waals surface area contributed by atoms with Gasteiger partial charge in [0.05, 0.1) is 23.2 Å². The van der Waals surface area contributed by atoms with E-state index in [0.29, 0.717) is 17.9 Å². The zero-order chi connectivity index (χ0) is 22.8. The summed E-state index contributed by atoms with van der Waals surface area (Å²) in [5, 5.41) is 11.4. The highest BCUT2D eigenvalue weighted by Gasteiger charge is 2.47. The fraction of sp³-hybridized carbons (Fsp3) is 0.125. The van der Waals surface area contributed by atoms with Gasteiger partial charge in [0.1, 0.15) is 17.3 Å². The Bertz CT molecular complexity index is 1230. The van der Waals surface area contributed by atoms with Crippen molar-refractivity contribution < 1.29 is 23.8 Å². The van der Waals surface area contributed by atoms with Crippen LogP contribution >= 0.6 is 11.6 Å². The number of hydrogen-bond acceptors (Lipinski definition) is 5. The molecule has 2 aromatic carbocycles. The van der Waals surface area contributed by atoms with E-state index in [2.05, 4.69) is 4.98 Å². The van der Waals surface area contributed by atoms with Crippen molar-refractivity contribution in [3.63, 3.8) is 0 Å². The van der Waals surface area contributed by atoms with E-state index in [1.807, 2.05) is 0 Å². The van der Waals surface area contributed by atoms with Crippen LogP contribution in [0.5, 0.6) is 5.75 Å². The van der Waals surface area contributed by atoms with Crippen molar-refractivity contribution in [2.24, 2.45) is 0 Å². The molecule has 0 spiro atoms. The quantitative estimate of drug-likeness (QED) is 0.338. The summed E-state index contributed by atoms with van der Waals surface area (Å²) in [6.45, 7) is 2.20. The molecular formula is C24H18ClFN2O4. The molecule has 6 nitrogen and oxygen atoms in total. The number of carbonyl (C=O) groups excluding carboxylic acids is 2. The van der Waals surface area contributed by atoms with Crippen molar-refractivity contribution in [1.29, 1.82) is 0 Å². The zero-order valence-electron chi connectivity index (χ0n) is 17.0. The van der Waals surface area contributed by atoms with E-state index >= 15 is 0 Å². The standard InChI is InChI=1S/C24H18ClFN2O4/c1-2-32-17-8-9-19(25)18(12-17)22(29)20-21(14-5-4-10-27-13-14)28(24(31)23(20)30)16-7-3-6-15(26)11-16/h3-13,21,29H,2H2,1H3/b22-20+. The summed E-state index contributed by atoms with van der Waals surface area (Å²) in [7, 11) is 0. The number of Topliss-reactive ketones (excluding diaryl/α,β-unsaturated/α-hetero) is 1. The van der Waals surface area contributed by atoms with Crippen LogP contribution in [0.25, 0.3) is 5.76 Å². The molecule has 1 atom stereocenters. The summed E-state index contributed by atoms with van der Waals surface area (Å²) in [5.74, 6) is -2.40. The number of anilines is 1. The first kappa shape index (κ1) is 21.5. The normalized spacial score (nSPS) is 17.6. The molecule has 1 aliphatic rings. The molecule has 1 amide bonds. The van der Waals surface area contributed by atoms with Gasteiger partial charge in [-0.15, -0.1) is 0 Å². The first-order valence-electron chi connectivity index (χ1n) is 9.81. The zero-order valence-corrected chi connectivity index (χ0v) is 17.7. The van der Waals surface area contributed by atoms with Gasteiger partial charge in [-0.05, 0) is 55.0 Å². The Kier molecular flexibility index (Phi) is 5.92. The number of aromatic nitrogens is 1. The minimum Gasteiger partial charge on any atom is -0.507 e. The molecule has 32 heavy (non-hydrogen) atoms. The summed E-state index contributed by atoms with van der Waals surface area (Å²) >= 11 is 6.30. The Morgan fingerprint density at radius 2 is 2.00 bits per heavy atom. The van der Waals surface area contributed by atoms with E-state index in [-0.39, 0.29) is 21.8 Å². The lowest BCUT2D eigenvalue weighted by Crippen LogP contribution is -2.29. The largest absolute Gasteiger partial charge is 0.507 e. The second-order valence-corrected chi connectivity index (χ2v) is 7.42. The first-order chi connectivity index (χ1) is 15.4. The van der Waals surface area contributed by atoms with E-state index < -0.39 is 29.3 Å². The lowest BCUT2D eigenvalue weighted by atomic mass is 9.96. The molecule has 8 heteroatoms. The number of amides is 1. The van der Waals surface area contributed by atoms with Gasteiger partial charge < -0.3 is 9.84 Å². The lowest BCUT2D eigenvalue weighted by Gasteiger charge is -2.25. The predicted octanol–water partition coefficient (Wildman–Crippen LogP) is 4.90. The highest BCUT2D eigenvalue weighted by atomic mass is 35.5. The van der Waals surface area contributed by atoms with E-state index in [1.165, 1.54) is 36.5 Å². The number of benzene rings is 2. The average Bonchev–Trinajstić information content (AvgIpc) is 3.06. The van der Waals surface area contributed by atoms with E-state index in [0.717, 1.165) is 11.0 Å². The molecule has 1 aromatic heterocycles. The van der Waals surface area contributed by atoms with Crippen LogP contribution in [0.1, 0.15) is 24.1 Å². The third kappa shape index (κ3) is 3.83. The van der Waals surface area contributed by atoms with E-state index in [1.54, 1.807) is 31.3 Å². The Morgan fingerprint density at radius 1 is 1.19 bits per heavy atom. The van der Waals surface area contributed by atoms with Crippen molar-refractivity contribution in [2.75, 3.05) is 11.5 Å². The predicted molar refractivity (Wildman–Crippen MR) is 118 cm³/mol. The molecule has 2 heterocycles. The molecule has 162 valence electrons. The van der Waals surface area contributed by atoms with E-state index in [9.17, 15) is 19.1 Å². The smallest absolute Gasteiger partial charge is 0.300 e. The molecule has 1 unspecified atom stereocenters. The lowest BCUT2D eigenvalue weighted by molar-refractivity contribution is -0.132. The number of rotatable bonds is 5. The maximum absolute atomic E-state index is 13.9.